The summed E-state index contributed by atoms with van der Waals surface area (Å²) < 4.78 is 8.35. The third-order valence-electron chi connectivity index (χ3n) is 10.2. The van der Waals surface area contributed by atoms with Gasteiger partial charge in [-0.3, -0.25) is 28.0 Å². The van der Waals surface area contributed by atoms with E-state index in [0.29, 0.717) is 71.5 Å². The molecule has 0 bridgehead atoms. The van der Waals surface area contributed by atoms with E-state index in [-0.39, 0.29) is 5.91 Å². The van der Waals surface area contributed by atoms with Crippen molar-refractivity contribution in [1.29, 1.82) is 0 Å². The lowest BCUT2D eigenvalue weighted by atomic mass is 10.0. The number of fused-ring (bicyclic) bond motifs is 2. The molecular formula is C39H38N10O8S2. The first-order chi connectivity index (χ1) is 28.6. The molecule has 0 radical (unpaired) electrons. The summed E-state index contributed by atoms with van der Waals surface area (Å²) in [5, 5.41) is 20.0. The highest BCUT2D eigenvalue weighted by molar-refractivity contribution is 7.26. The molecule has 18 nitrogen and oxygen atoms in total. The molecule has 59 heavy (non-hydrogen) atoms. The maximum Gasteiger partial charge on any atom is 0.407 e. The monoisotopic (exact) mass is 838 g/mol. The summed E-state index contributed by atoms with van der Waals surface area (Å²) in [6.07, 6.45) is 7.14. The molecule has 2 aromatic carbocycles. The summed E-state index contributed by atoms with van der Waals surface area (Å²) in [5.74, 6) is -1.06. The minimum absolute atomic E-state index is 0.314. The number of carboxylic acid groups (broad SMARTS) is 1. The van der Waals surface area contributed by atoms with Crippen molar-refractivity contribution in [3.63, 3.8) is 0 Å². The van der Waals surface area contributed by atoms with Gasteiger partial charge in [-0.05, 0) is 36.8 Å². The van der Waals surface area contributed by atoms with Crippen LogP contribution in [0.1, 0.15) is 48.9 Å². The van der Waals surface area contributed by atoms with Crippen molar-refractivity contribution in [2.75, 3.05) is 30.8 Å². The van der Waals surface area contributed by atoms with Crippen molar-refractivity contribution in [2.24, 2.45) is 0 Å². The summed E-state index contributed by atoms with van der Waals surface area (Å²) in [7, 11) is 1.22. The highest BCUT2D eigenvalue weighted by atomic mass is 32.1. The molecule has 5 N–H and O–H groups in total. The van der Waals surface area contributed by atoms with Crippen LogP contribution < -0.4 is 21.3 Å². The summed E-state index contributed by atoms with van der Waals surface area (Å²) in [5.41, 5.74) is 1.05. The number of amides is 6. The van der Waals surface area contributed by atoms with Crippen molar-refractivity contribution in [3.05, 3.63) is 96.6 Å². The molecule has 0 unspecified atom stereocenters. The standard InChI is InChI=1S/C39H38N10O8S2/c1-57-39(56)45-31(23-12-6-3-7-13-23)35(53)49-17-9-15-25(49)33(51)41-29-21-47-19-27(59-37(47)43-29)26-18-46-20-28(42-36(46)58-26)40-32(50)24-14-8-16-48(24)34(52)30(44-38(54)55)22-10-4-2-5-11-22/h2-7,10-13,18-21,24-25,30-31,44H,8-9,14-17H2,1H3,(H,40,50)(H,41,51)(H,45,56)(H,54,55)/t24-,25-,30+,31+/m0/s1. The van der Waals surface area contributed by atoms with Gasteiger partial charge in [-0.1, -0.05) is 83.3 Å². The van der Waals surface area contributed by atoms with Gasteiger partial charge in [0.1, 0.15) is 24.2 Å². The molecule has 0 spiro atoms. The van der Waals surface area contributed by atoms with Crippen LogP contribution in [0.3, 0.4) is 0 Å². The normalized spacial score (nSPS) is 17.4. The van der Waals surface area contributed by atoms with Crippen LogP contribution in [0.25, 0.3) is 19.7 Å². The van der Waals surface area contributed by atoms with Crippen molar-refractivity contribution < 1.29 is 38.6 Å². The lowest BCUT2D eigenvalue weighted by Gasteiger charge is -2.28. The van der Waals surface area contributed by atoms with Gasteiger partial charge in [-0.2, -0.15) is 0 Å². The van der Waals surface area contributed by atoms with E-state index < -0.39 is 54.1 Å². The molecule has 6 heterocycles. The highest BCUT2D eigenvalue weighted by Crippen LogP contribution is 2.35. The van der Waals surface area contributed by atoms with Crippen LogP contribution in [-0.2, 0) is 23.9 Å². The first-order valence-electron chi connectivity index (χ1n) is 18.7. The maximum atomic E-state index is 13.7. The largest absolute Gasteiger partial charge is 0.465 e. The van der Waals surface area contributed by atoms with E-state index in [0.717, 1.165) is 9.75 Å². The van der Waals surface area contributed by atoms with Gasteiger partial charge in [0.15, 0.2) is 21.6 Å². The van der Waals surface area contributed by atoms with Gasteiger partial charge in [0.2, 0.25) is 11.8 Å². The van der Waals surface area contributed by atoms with Crippen LogP contribution in [0.2, 0.25) is 0 Å². The van der Waals surface area contributed by atoms with Crippen LogP contribution in [0.5, 0.6) is 0 Å². The van der Waals surface area contributed by atoms with Crippen molar-refractivity contribution in [2.45, 2.75) is 49.9 Å². The second-order valence-electron chi connectivity index (χ2n) is 14.0. The molecule has 2 aliphatic rings. The van der Waals surface area contributed by atoms with Gasteiger partial charge >= 0.3 is 12.2 Å². The number of benzene rings is 2. The third-order valence-corrected chi connectivity index (χ3v) is 12.4. The van der Waals surface area contributed by atoms with Crippen molar-refractivity contribution in [1.82, 2.24) is 39.2 Å². The Hall–Kier alpha value is -6.80. The van der Waals surface area contributed by atoms with Gasteiger partial charge in [-0.15, -0.1) is 0 Å². The second kappa shape index (κ2) is 16.6. The number of hydrogen-bond donors (Lipinski definition) is 5. The lowest BCUT2D eigenvalue weighted by molar-refractivity contribution is -0.138. The molecule has 2 fully saturated rings. The quantitative estimate of drug-likeness (QED) is 0.121. The Morgan fingerprint density at radius 2 is 1.12 bits per heavy atom. The molecule has 304 valence electrons. The molecular weight excluding hydrogens is 801 g/mol. The fourth-order valence-electron chi connectivity index (χ4n) is 7.46. The zero-order chi connectivity index (χ0) is 41.2. The number of hydrogen-bond acceptors (Lipinski definition) is 11. The summed E-state index contributed by atoms with van der Waals surface area (Å²) in [4.78, 5) is 93.1. The predicted octanol–water partition coefficient (Wildman–Crippen LogP) is 4.74. The minimum Gasteiger partial charge on any atom is -0.465 e. The van der Waals surface area contributed by atoms with Gasteiger partial charge in [0.05, 0.1) is 29.3 Å². The van der Waals surface area contributed by atoms with E-state index in [9.17, 15) is 33.9 Å². The Morgan fingerprint density at radius 3 is 1.53 bits per heavy atom. The van der Waals surface area contributed by atoms with Crippen LogP contribution in [0, 0.1) is 0 Å². The molecule has 2 saturated heterocycles. The van der Waals surface area contributed by atoms with E-state index in [2.05, 4.69) is 31.2 Å². The maximum absolute atomic E-state index is 13.7. The first-order valence-corrected chi connectivity index (χ1v) is 20.3. The number of alkyl carbamates (subject to hydrolysis) is 1. The molecule has 4 atom stereocenters. The topological polar surface area (TPSA) is 221 Å². The van der Waals surface area contributed by atoms with Gasteiger partial charge in [0.25, 0.3) is 11.8 Å². The summed E-state index contributed by atoms with van der Waals surface area (Å²) >= 11 is 2.81. The minimum atomic E-state index is -1.34. The number of nitrogens with one attached hydrogen (secondary N) is 4. The van der Waals surface area contributed by atoms with Crippen LogP contribution in [0.4, 0.5) is 21.2 Å². The average Bonchev–Trinajstić information content (AvgIpc) is 4.09. The molecule has 8 rings (SSSR count). The van der Waals surface area contributed by atoms with Crippen LogP contribution in [0.15, 0.2) is 85.5 Å². The second-order valence-corrected chi connectivity index (χ2v) is 16.0. The van der Waals surface area contributed by atoms with Crippen molar-refractivity contribution in [3.8, 4) is 9.75 Å². The predicted molar refractivity (Wildman–Crippen MR) is 217 cm³/mol. The van der Waals surface area contributed by atoms with Gasteiger partial charge < -0.3 is 40.9 Å². The zero-order valence-electron chi connectivity index (χ0n) is 31.4. The number of methoxy groups -OCH3 is 1. The SMILES string of the molecule is COC(=O)N[C@@H](C(=O)N1CCC[C@H]1C(=O)Nc1cn2cc(-c3cn4cc(NC(=O)[C@@H]5CCCN5C(=O)[C@H](NC(=O)O)c5ccccc5)nc4s3)sc2n1)c1ccccc1. The number of carbonyl (C=O) groups excluding carboxylic acids is 5. The Morgan fingerprint density at radius 1 is 0.678 bits per heavy atom. The van der Waals surface area contributed by atoms with E-state index in [1.807, 2.05) is 12.4 Å². The van der Waals surface area contributed by atoms with E-state index in [1.54, 1.807) is 81.9 Å². The lowest BCUT2D eigenvalue weighted by Crippen LogP contribution is -2.48. The van der Waals surface area contributed by atoms with Gasteiger partial charge in [0, 0.05) is 25.5 Å². The van der Waals surface area contributed by atoms with Crippen LogP contribution >= 0.6 is 22.7 Å². The number of aromatic nitrogens is 4. The zero-order valence-corrected chi connectivity index (χ0v) is 33.1. The number of anilines is 2. The van der Waals surface area contributed by atoms with E-state index in [1.165, 1.54) is 39.6 Å². The molecule has 2 aliphatic heterocycles. The highest BCUT2D eigenvalue weighted by Gasteiger charge is 2.40. The molecule has 6 aromatic rings. The molecule has 20 heteroatoms. The fourth-order valence-corrected chi connectivity index (χ4v) is 9.46. The molecule has 0 aliphatic carbocycles. The molecule has 6 amide bonds. The molecule has 0 saturated carbocycles. The number of likely N-dealkylation sites (tertiary alicyclic amines) is 2. The first kappa shape index (κ1) is 39.0. The third kappa shape index (κ3) is 8.17. The molecule has 4 aromatic heterocycles. The van der Waals surface area contributed by atoms with Crippen LogP contribution in [-0.4, -0.2) is 102 Å². The van der Waals surface area contributed by atoms with Gasteiger partial charge in [-0.25, -0.2) is 19.6 Å². The fraction of sp³-hybridized carbons (Fsp3) is 0.282. The number of carbonyl (C=O) groups is 6. The summed E-state index contributed by atoms with van der Waals surface area (Å²) in [6.45, 7) is 0.668. The number of imidazole rings is 2. The van der Waals surface area contributed by atoms with Crippen molar-refractivity contribution >= 4 is 80.0 Å². The number of nitrogens with zero attached hydrogens (tertiary/aromatic N) is 6. The van der Waals surface area contributed by atoms with E-state index >= 15 is 0 Å². The Kier molecular flexibility index (Phi) is 11.0. The average molecular weight is 839 g/mol. The number of thiazole rings is 2. The number of rotatable bonds is 11. The number of ether oxygens (including phenoxy) is 1. The smallest absolute Gasteiger partial charge is 0.407 e. The Balaban J connectivity index is 0.905. The Labute approximate surface area is 343 Å². The Bertz CT molecular complexity index is 2490. The van der Waals surface area contributed by atoms with E-state index in [4.69, 9.17) is 4.74 Å². The summed E-state index contributed by atoms with van der Waals surface area (Å²) in [6, 6.07) is 13.6.